The highest BCUT2D eigenvalue weighted by Gasteiger charge is 2.25. The molecule has 0 aliphatic rings. The molecule has 2 heterocycles. The van der Waals surface area contributed by atoms with Crippen molar-refractivity contribution in [3.8, 4) is 0 Å². The molecule has 9 nitrogen and oxygen atoms in total. The van der Waals surface area contributed by atoms with Gasteiger partial charge in [0.25, 0.3) is 15.9 Å². The summed E-state index contributed by atoms with van der Waals surface area (Å²) in [6.45, 7) is 3.33. The van der Waals surface area contributed by atoms with Crippen molar-refractivity contribution in [1.29, 1.82) is 0 Å². The Hall–Kier alpha value is -2.88. The second kappa shape index (κ2) is 6.13. The number of fused-ring (bicyclic) bond motifs is 1. The lowest BCUT2D eigenvalue weighted by molar-refractivity contribution is 0.0979. The molecular weight excluding hydrogens is 360 g/mol. The van der Waals surface area contributed by atoms with Gasteiger partial charge in [-0.1, -0.05) is 12.1 Å². The Bertz CT molecular complexity index is 1180. The highest BCUT2D eigenvalue weighted by atomic mass is 32.2. The summed E-state index contributed by atoms with van der Waals surface area (Å²) in [5, 5.41) is 3.75. The lowest BCUT2D eigenvalue weighted by atomic mass is 10.1. The van der Waals surface area contributed by atoms with Crippen molar-refractivity contribution in [2.75, 3.05) is 0 Å². The molecule has 0 spiro atoms. The summed E-state index contributed by atoms with van der Waals surface area (Å²) < 4.78 is 35.0. The van der Waals surface area contributed by atoms with E-state index in [-0.39, 0.29) is 21.9 Å². The maximum atomic E-state index is 12.6. The molecule has 1 amide bonds. The van der Waals surface area contributed by atoms with Crippen LogP contribution in [0.3, 0.4) is 0 Å². The molecule has 3 rings (SSSR count). The number of aromatic nitrogens is 3. The molecule has 1 aromatic carbocycles. The number of nitrogens with one attached hydrogen (secondary N) is 1. The average Bonchev–Trinajstić information content (AvgIpc) is 3.08. The predicted molar refractivity (Wildman–Crippen MR) is 93.4 cm³/mol. The molecule has 26 heavy (non-hydrogen) atoms. The molecule has 0 saturated carbocycles. The van der Waals surface area contributed by atoms with E-state index in [1.165, 1.54) is 27.3 Å². The summed E-state index contributed by atoms with van der Waals surface area (Å²) in [7, 11) is -0.985. The minimum absolute atomic E-state index is 0.115. The molecule has 0 aliphatic heterocycles. The Labute approximate surface area is 149 Å². The largest absolute Gasteiger partial charge is 0.361 e. The van der Waals surface area contributed by atoms with Gasteiger partial charge in [-0.05, 0) is 31.5 Å². The highest BCUT2D eigenvalue weighted by molar-refractivity contribution is 7.90. The van der Waals surface area contributed by atoms with Gasteiger partial charge in [-0.25, -0.2) is 17.9 Å². The summed E-state index contributed by atoms with van der Waals surface area (Å²) >= 11 is 0. The number of sulfonamides is 1. The number of hydrogen-bond donors (Lipinski definition) is 1. The Morgan fingerprint density at radius 1 is 1.23 bits per heavy atom. The summed E-state index contributed by atoms with van der Waals surface area (Å²) in [6.07, 6.45) is 0.429. The van der Waals surface area contributed by atoms with E-state index in [4.69, 9.17) is 4.52 Å². The minimum Gasteiger partial charge on any atom is -0.361 e. The number of carbonyl (C=O) groups is 1. The van der Waals surface area contributed by atoms with Crippen LogP contribution in [0, 0.1) is 6.92 Å². The predicted octanol–water partition coefficient (Wildman–Crippen LogP) is 0.855. The molecule has 0 atom stereocenters. The zero-order chi connectivity index (χ0) is 19.2. The molecule has 2 aromatic heterocycles. The van der Waals surface area contributed by atoms with Crippen LogP contribution in [-0.4, -0.2) is 28.6 Å². The van der Waals surface area contributed by atoms with Crippen molar-refractivity contribution in [2.24, 2.45) is 14.1 Å². The molecule has 3 aromatic rings. The van der Waals surface area contributed by atoms with E-state index < -0.39 is 15.9 Å². The Kier molecular flexibility index (Phi) is 4.23. The van der Waals surface area contributed by atoms with Crippen molar-refractivity contribution in [3.05, 3.63) is 45.7 Å². The third kappa shape index (κ3) is 2.71. The fourth-order valence-corrected chi connectivity index (χ4v) is 3.81. The van der Waals surface area contributed by atoms with Gasteiger partial charge in [0.15, 0.2) is 0 Å². The molecule has 0 radical (unpaired) electrons. The molecule has 0 unspecified atom stereocenters. The van der Waals surface area contributed by atoms with Crippen LogP contribution in [0.5, 0.6) is 0 Å². The van der Waals surface area contributed by atoms with Crippen LogP contribution >= 0.6 is 0 Å². The Balaban J connectivity index is 2.02. The van der Waals surface area contributed by atoms with Crippen LogP contribution in [-0.2, 0) is 30.5 Å². The van der Waals surface area contributed by atoms with E-state index in [9.17, 15) is 18.0 Å². The van der Waals surface area contributed by atoms with E-state index in [0.717, 1.165) is 0 Å². The van der Waals surface area contributed by atoms with Gasteiger partial charge in [-0.3, -0.25) is 13.9 Å². The van der Waals surface area contributed by atoms with E-state index >= 15 is 0 Å². The number of benzene rings is 1. The SMILES string of the molecule is CCc1noc(C)c1C(=O)NS(=O)(=O)c1ccc2c(c1)n(C)c(=O)n2C. The smallest absolute Gasteiger partial charge is 0.328 e. The fraction of sp³-hybridized carbons (Fsp3) is 0.312. The second-order valence-electron chi connectivity index (χ2n) is 5.90. The number of hydrogen-bond acceptors (Lipinski definition) is 6. The third-order valence-corrected chi connectivity index (χ3v) is 5.60. The highest BCUT2D eigenvalue weighted by Crippen LogP contribution is 2.19. The first-order valence-electron chi connectivity index (χ1n) is 7.85. The fourth-order valence-electron chi connectivity index (χ4n) is 2.84. The van der Waals surface area contributed by atoms with Crippen LogP contribution < -0.4 is 10.4 Å². The van der Waals surface area contributed by atoms with E-state index in [1.54, 1.807) is 27.9 Å². The molecule has 0 bridgehead atoms. The number of carbonyl (C=O) groups excluding carboxylic acids is 1. The van der Waals surface area contributed by atoms with Crippen LogP contribution in [0.4, 0.5) is 0 Å². The monoisotopic (exact) mass is 378 g/mol. The lowest BCUT2D eigenvalue weighted by Crippen LogP contribution is -2.31. The molecule has 10 heteroatoms. The molecule has 0 aliphatic carbocycles. The van der Waals surface area contributed by atoms with E-state index in [0.29, 0.717) is 23.1 Å². The first kappa shape index (κ1) is 17.9. The summed E-state index contributed by atoms with van der Waals surface area (Å²) in [4.78, 5) is 24.3. The summed E-state index contributed by atoms with van der Waals surface area (Å²) in [5.74, 6) is -0.557. The topological polar surface area (TPSA) is 116 Å². The molecule has 0 fully saturated rings. The summed E-state index contributed by atoms with van der Waals surface area (Å²) in [6, 6.07) is 4.23. The second-order valence-corrected chi connectivity index (χ2v) is 7.58. The van der Waals surface area contributed by atoms with Gasteiger partial charge in [0.1, 0.15) is 11.3 Å². The molecule has 0 saturated heterocycles. The van der Waals surface area contributed by atoms with Crippen molar-refractivity contribution in [1.82, 2.24) is 19.0 Å². The Morgan fingerprint density at radius 2 is 1.88 bits per heavy atom. The number of amides is 1. The summed E-state index contributed by atoms with van der Waals surface area (Å²) in [5.41, 5.74) is 1.26. The standard InChI is InChI=1S/C16H18N4O5S/c1-5-11-14(9(2)25-17-11)15(21)18-26(23,24)10-6-7-12-13(8-10)20(4)16(22)19(12)3/h6-8H,5H2,1-4H3,(H,18,21). The number of nitrogens with zero attached hydrogens (tertiary/aromatic N) is 3. The Morgan fingerprint density at radius 3 is 2.54 bits per heavy atom. The number of rotatable bonds is 4. The lowest BCUT2D eigenvalue weighted by Gasteiger charge is -2.07. The van der Waals surface area contributed by atoms with Crippen LogP contribution in [0.2, 0.25) is 0 Å². The zero-order valence-electron chi connectivity index (χ0n) is 14.7. The van der Waals surface area contributed by atoms with Gasteiger partial charge >= 0.3 is 5.69 Å². The van der Waals surface area contributed by atoms with Gasteiger partial charge in [0.2, 0.25) is 0 Å². The first-order valence-corrected chi connectivity index (χ1v) is 9.33. The van der Waals surface area contributed by atoms with Crippen LogP contribution in [0.1, 0.15) is 28.7 Å². The molecule has 1 N–H and O–H groups in total. The van der Waals surface area contributed by atoms with Crippen molar-refractivity contribution in [3.63, 3.8) is 0 Å². The molecular formula is C16H18N4O5S. The average molecular weight is 378 g/mol. The van der Waals surface area contributed by atoms with E-state index in [2.05, 4.69) is 5.16 Å². The van der Waals surface area contributed by atoms with Gasteiger partial charge in [0.05, 0.1) is 21.6 Å². The number of imidazole rings is 1. The van der Waals surface area contributed by atoms with E-state index in [1.807, 2.05) is 4.72 Å². The normalized spacial score (nSPS) is 11.8. The van der Waals surface area contributed by atoms with Crippen molar-refractivity contribution < 1.29 is 17.7 Å². The number of aryl methyl sites for hydroxylation is 4. The molecule has 138 valence electrons. The van der Waals surface area contributed by atoms with Crippen LogP contribution in [0.15, 0.2) is 32.4 Å². The minimum atomic E-state index is -4.13. The van der Waals surface area contributed by atoms with Gasteiger partial charge in [-0.2, -0.15) is 0 Å². The van der Waals surface area contributed by atoms with Gasteiger partial charge in [-0.15, -0.1) is 0 Å². The van der Waals surface area contributed by atoms with Gasteiger partial charge in [0, 0.05) is 14.1 Å². The maximum Gasteiger partial charge on any atom is 0.328 e. The zero-order valence-corrected chi connectivity index (χ0v) is 15.5. The van der Waals surface area contributed by atoms with Crippen molar-refractivity contribution >= 4 is 27.0 Å². The van der Waals surface area contributed by atoms with Crippen LogP contribution in [0.25, 0.3) is 11.0 Å². The van der Waals surface area contributed by atoms with Crippen molar-refractivity contribution in [2.45, 2.75) is 25.2 Å². The maximum absolute atomic E-state index is 12.6. The van der Waals surface area contributed by atoms with Gasteiger partial charge < -0.3 is 4.52 Å². The first-order chi connectivity index (χ1) is 12.2. The third-order valence-electron chi connectivity index (χ3n) is 4.28. The quantitative estimate of drug-likeness (QED) is 0.720.